The number of nitro benzene ring substituents is 1. The van der Waals surface area contributed by atoms with Crippen molar-refractivity contribution < 1.29 is 4.92 Å². The van der Waals surface area contributed by atoms with Gasteiger partial charge in [-0.15, -0.1) is 16.7 Å². The highest BCUT2D eigenvalue weighted by atomic mass is 35.5. The van der Waals surface area contributed by atoms with E-state index in [-0.39, 0.29) is 11.1 Å². The Balaban J connectivity index is 2.54. The predicted molar refractivity (Wildman–Crippen MR) is 67.0 cm³/mol. The summed E-state index contributed by atoms with van der Waals surface area (Å²) in [4.78, 5) is 10.5. The minimum atomic E-state index is -0.444. The van der Waals surface area contributed by atoms with Crippen LogP contribution in [0.25, 0.3) is 5.69 Å². The average Bonchev–Trinajstić information content (AvgIpc) is 2.77. The molecule has 6 nitrogen and oxygen atoms in total. The molecule has 1 aromatic heterocycles. The summed E-state index contributed by atoms with van der Waals surface area (Å²) in [7, 11) is 0. The van der Waals surface area contributed by atoms with Crippen LogP contribution in [0.4, 0.5) is 5.69 Å². The smallest absolute Gasteiger partial charge is 0.258 e. The van der Waals surface area contributed by atoms with E-state index in [2.05, 4.69) is 10.3 Å². The molecule has 0 fully saturated rings. The molecule has 0 bridgehead atoms. The number of nitrogens with zero attached hydrogens (tertiary/aromatic N) is 4. The van der Waals surface area contributed by atoms with Crippen molar-refractivity contribution in [2.45, 2.75) is 19.2 Å². The summed E-state index contributed by atoms with van der Waals surface area (Å²) < 4.78 is 1.37. The van der Waals surface area contributed by atoms with Gasteiger partial charge in [0, 0.05) is 6.07 Å². The van der Waals surface area contributed by atoms with Gasteiger partial charge in [0.05, 0.1) is 16.5 Å². The number of hydrogen-bond acceptors (Lipinski definition) is 4. The Morgan fingerprint density at radius 2 is 2.22 bits per heavy atom. The van der Waals surface area contributed by atoms with Crippen LogP contribution in [0.3, 0.4) is 0 Å². The van der Waals surface area contributed by atoms with Crippen LogP contribution in [0, 0.1) is 17.0 Å². The number of hydrogen-bond donors (Lipinski definition) is 0. The van der Waals surface area contributed by atoms with E-state index in [4.69, 9.17) is 11.6 Å². The highest BCUT2D eigenvalue weighted by Gasteiger charge is 2.17. The lowest BCUT2D eigenvalue weighted by Gasteiger charge is -2.03. The van der Waals surface area contributed by atoms with Crippen LogP contribution < -0.4 is 0 Å². The molecule has 94 valence electrons. The average molecular weight is 267 g/mol. The summed E-state index contributed by atoms with van der Waals surface area (Å²) in [5, 5.41) is 18.4. The van der Waals surface area contributed by atoms with Crippen LogP contribution in [-0.4, -0.2) is 19.9 Å². The molecule has 0 spiro atoms. The van der Waals surface area contributed by atoms with Gasteiger partial charge in [0.25, 0.3) is 5.69 Å². The molecule has 18 heavy (non-hydrogen) atoms. The van der Waals surface area contributed by atoms with E-state index < -0.39 is 4.92 Å². The second kappa shape index (κ2) is 4.73. The third-order valence-electron chi connectivity index (χ3n) is 2.49. The zero-order valence-electron chi connectivity index (χ0n) is 9.87. The van der Waals surface area contributed by atoms with E-state index >= 15 is 0 Å². The Kier molecular flexibility index (Phi) is 3.29. The minimum absolute atomic E-state index is 0.0146. The number of rotatable bonds is 3. The molecule has 0 amide bonds. The number of aromatic nitrogens is 3. The molecule has 0 aliphatic carbocycles. The fourth-order valence-electron chi connectivity index (χ4n) is 1.55. The van der Waals surface area contributed by atoms with Crippen molar-refractivity contribution in [3.8, 4) is 5.69 Å². The maximum Gasteiger partial charge on any atom is 0.294 e. The monoisotopic (exact) mass is 266 g/mol. The Morgan fingerprint density at radius 3 is 2.78 bits per heavy atom. The molecule has 1 unspecified atom stereocenters. The van der Waals surface area contributed by atoms with Gasteiger partial charge in [-0.25, -0.2) is 4.68 Å². The van der Waals surface area contributed by atoms with Gasteiger partial charge in [0.1, 0.15) is 11.4 Å². The van der Waals surface area contributed by atoms with E-state index in [0.717, 1.165) is 5.56 Å². The Labute approximate surface area is 108 Å². The molecule has 1 aromatic carbocycles. The summed E-state index contributed by atoms with van der Waals surface area (Å²) in [6.07, 6.45) is 1.60. The third-order valence-corrected chi connectivity index (χ3v) is 2.72. The first-order valence-corrected chi connectivity index (χ1v) is 5.74. The van der Waals surface area contributed by atoms with Crippen molar-refractivity contribution in [1.82, 2.24) is 15.0 Å². The van der Waals surface area contributed by atoms with Crippen molar-refractivity contribution in [1.29, 1.82) is 0 Å². The van der Waals surface area contributed by atoms with Crippen LogP contribution in [-0.2, 0) is 0 Å². The van der Waals surface area contributed by atoms with E-state index in [1.807, 2.05) is 6.92 Å². The minimum Gasteiger partial charge on any atom is -0.258 e. The molecule has 7 heteroatoms. The first-order chi connectivity index (χ1) is 8.49. The molecule has 0 aliphatic heterocycles. The van der Waals surface area contributed by atoms with Crippen molar-refractivity contribution in [2.24, 2.45) is 0 Å². The molecule has 1 heterocycles. The van der Waals surface area contributed by atoms with Gasteiger partial charge in [0.2, 0.25) is 0 Å². The van der Waals surface area contributed by atoms with Crippen molar-refractivity contribution >= 4 is 17.3 Å². The van der Waals surface area contributed by atoms with Gasteiger partial charge >= 0.3 is 0 Å². The first kappa shape index (κ1) is 12.5. The second-order valence-electron chi connectivity index (χ2n) is 3.95. The molecular weight excluding hydrogens is 256 g/mol. The zero-order valence-corrected chi connectivity index (χ0v) is 10.6. The largest absolute Gasteiger partial charge is 0.294 e. The normalized spacial score (nSPS) is 12.4. The standard InChI is InChI=1S/C11H11ClN4O2/c1-7-3-4-10(16(17)18)11(5-7)15-6-9(8(2)12)13-14-15/h3-6,8H,1-2H3. The molecule has 0 saturated carbocycles. The molecule has 0 saturated heterocycles. The van der Waals surface area contributed by atoms with Crippen LogP contribution >= 0.6 is 11.6 Å². The third kappa shape index (κ3) is 2.33. The van der Waals surface area contributed by atoms with Crippen molar-refractivity contribution in [2.75, 3.05) is 0 Å². The quantitative estimate of drug-likeness (QED) is 0.486. The van der Waals surface area contributed by atoms with Gasteiger partial charge in [-0.3, -0.25) is 10.1 Å². The second-order valence-corrected chi connectivity index (χ2v) is 4.61. The number of alkyl halides is 1. The number of nitro groups is 1. The summed E-state index contributed by atoms with van der Waals surface area (Å²) in [5.41, 5.74) is 1.86. The highest BCUT2D eigenvalue weighted by molar-refractivity contribution is 6.20. The maximum absolute atomic E-state index is 11.0. The maximum atomic E-state index is 11.0. The van der Waals surface area contributed by atoms with E-state index in [1.165, 1.54) is 10.7 Å². The Morgan fingerprint density at radius 1 is 1.50 bits per heavy atom. The van der Waals surface area contributed by atoms with Crippen LogP contribution in [0.15, 0.2) is 24.4 Å². The number of halogens is 1. The zero-order chi connectivity index (χ0) is 13.3. The molecule has 0 aliphatic rings. The summed E-state index contributed by atoms with van der Waals surface area (Å²) in [6.45, 7) is 3.62. The van der Waals surface area contributed by atoms with Gasteiger partial charge in [0.15, 0.2) is 0 Å². The summed E-state index contributed by atoms with van der Waals surface area (Å²) in [6, 6.07) is 4.83. The Bertz CT molecular complexity index is 594. The topological polar surface area (TPSA) is 73.8 Å². The summed E-state index contributed by atoms with van der Waals surface area (Å²) >= 11 is 5.89. The van der Waals surface area contributed by atoms with Crippen molar-refractivity contribution in [3.05, 3.63) is 45.8 Å². The molecule has 2 rings (SSSR count). The van der Waals surface area contributed by atoms with Gasteiger partial charge in [-0.1, -0.05) is 11.3 Å². The van der Waals surface area contributed by atoms with Crippen LogP contribution in [0.1, 0.15) is 23.6 Å². The predicted octanol–water partition coefficient (Wildman–Crippen LogP) is 2.78. The molecule has 2 aromatic rings. The molecule has 0 N–H and O–H groups in total. The number of benzene rings is 1. The molecule has 1 atom stereocenters. The van der Waals surface area contributed by atoms with E-state index in [9.17, 15) is 10.1 Å². The van der Waals surface area contributed by atoms with E-state index in [0.29, 0.717) is 11.4 Å². The summed E-state index contributed by atoms with van der Waals surface area (Å²) in [5.74, 6) is 0. The van der Waals surface area contributed by atoms with Gasteiger partial charge in [-0.2, -0.15) is 0 Å². The fraction of sp³-hybridized carbons (Fsp3) is 0.273. The van der Waals surface area contributed by atoms with Crippen molar-refractivity contribution in [3.63, 3.8) is 0 Å². The first-order valence-electron chi connectivity index (χ1n) is 5.31. The van der Waals surface area contributed by atoms with Crippen LogP contribution in [0.5, 0.6) is 0 Å². The molecular formula is C11H11ClN4O2. The SMILES string of the molecule is Cc1ccc([N+](=O)[O-])c(-n2cc(C(C)Cl)nn2)c1. The van der Waals surface area contributed by atoms with Crippen LogP contribution in [0.2, 0.25) is 0 Å². The lowest BCUT2D eigenvalue weighted by Crippen LogP contribution is -2.01. The lowest BCUT2D eigenvalue weighted by atomic mass is 10.2. The van der Waals surface area contributed by atoms with E-state index in [1.54, 1.807) is 25.3 Å². The number of aryl methyl sites for hydroxylation is 1. The fourth-order valence-corrected chi connectivity index (χ4v) is 1.65. The highest BCUT2D eigenvalue weighted by Crippen LogP contribution is 2.24. The Hall–Kier alpha value is -1.95. The van der Waals surface area contributed by atoms with Gasteiger partial charge in [-0.05, 0) is 25.5 Å². The molecule has 0 radical (unpaired) electrons. The lowest BCUT2D eigenvalue weighted by molar-refractivity contribution is -0.384. The van der Waals surface area contributed by atoms with Gasteiger partial charge < -0.3 is 0 Å².